The van der Waals surface area contributed by atoms with Gasteiger partial charge in [0.05, 0.1) is 24.0 Å². The van der Waals surface area contributed by atoms with Crippen molar-refractivity contribution in [1.29, 1.82) is 0 Å². The van der Waals surface area contributed by atoms with Gasteiger partial charge in [0.25, 0.3) is 10.0 Å². The first-order chi connectivity index (χ1) is 20.5. The standard InChI is InChI=1S/C32H39N3O7S/c1-21-5-9-27(10-6-21)43(38,39)33-26-8-12-28-25(14-26)15-32(37)35(23(3)19-36)16-22(2)31(42-28)18-34(4)17-24-7-11-29-30(13-24)41-20-40-29/h5-14,22-23,31,33,36H,15-20H2,1-4H3/t22-,23-,31+/m1/s1. The van der Waals surface area contributed by atoms with Crippen LogP contribution in [0.2, 0.25) is 0 Å². The summed E-state index contributed by atoms with van der Waals surface area (Å²) in [6.07, 6.45) is -0.293. The molecular formula is C32H39N3O7S. The number of carbonyl (C=O) groups is 1. The highest BCUT2D eigenvalue weighted by molar-refractivity contribution is 7.92. The number of fused-ring (bicyclic) bond motifs is 2. The van der Waals surface area contributed by atoms with Crippen molar-refractivity contribution >= 4 is 21.6 Å². The lowest BCUT2D eigenvalue weighted by Crippen LogP contribution is -2.47. The van der Waals surface area contributed by atoms with E-state index >= 15 is 0 Å². The van der Waals surface area contributed by atoms with E-state index in [9.17, 15) is 18.3 Å². The fraction of sp³-hybridized carbons (Fsp3) is 0.406. The number of sulfonamides is 1. The number of carbonyl (C=O) groups excluding carboxylic acids is 1. The number of hydrogen-bond acceptors (Lipinski definition) is 8. The van der Waals surface area contributed by atoms with E-state index in [1.54, 1.807) is 47.4 Å². The number of anilines is 1. The summed E-state index contributed by atoms with van der Waals surface area (Å²) in [7, 11) is -1.82. The average molecular weight is 610 g/mol. The van der Waals surface area contributed by atoms with Crippen LogP contribution in [-0.4, -0.2) is 74.9 Å². The van der Waals surface area contributed by atoms with Gasteiger partial charge in [-0.3, -0.25) is 14.4 Å². The molecule has 3 aromatic carbocycles. The van der Waals surface area contributed by atoms with E-state index in [1.807, 2.05) is 46.0 Å². The zero-order valence-electron chi connectivity index (χ0n) is 24.9. The molecule has 0 radical (unpaired) electrons. The predicted molar refractivity (Wildman–Crippen MR) is 163 cm³/mol. The fourth-order valence-electron chi connectivity index (χ4n) is 5.37. The van der Waals surface area contributed by atoms with Crippen molar-refractivity contribution in [3.8, 4) is 17.2 Å². The van der Waals surface area contributed by atoms with Crippen LogP contribution in [0.3, 0.4) is 0 Å². The maximum absolute atomic E-state index is 13.5. The van der Waals surface area contributed by atoms with E-state index < -0.39 is 10.0 Å². The Morgan fingerprint density at radius 1 is 1.05 bits per heavy atom. The first-order valence-corrected chi connectivity index (χ1v) is 15.9. The van der Waals surface area contributed by atoms with E-state index in [0.717, 1.165) is 22.6 Å². The minimum absolute atomic E-state index is 0.00620. The number of rotatable bonds is 9. The minimum Gasteiger partial charge on any atom is -0.488 e. The van der Waals surface area contributed by atoms with Crippen molar-refractivity contribution in [2.24, 2.45) is 5.92 Å². The maximum Gasteiger partial charge on any atom is 0.261 e. The number of aryl methyl sites for hydroxylation is 1. The van der Waals surface area contributed by atoms with Crippen LogP contribution in [0.1, 0.15) is 30.5 Å². The zero-order valence-corrected chi connectivity index (χ0v) is 25.8. The molecule has 11 heteroatoms. The molecule has 5 rings (SSSR count). The number of ether oxygens (including phenoxy) is 3. The van der Waals surface area contributed by atoms with Gasteiger partial charge in [0.2, 0.25) is 12.7 Å². The first kappa shape index (κ1) is 30.7. The van der Waals surface area contributed by atoms with Gasteiger partial charge < -0.3 is 24.2 Å². The predicted octanol–water partition coefficient (Wildman–Crippen LogP) is 3.81. The van der Waals surface area contributed by atoms with E-state index in [0.29, 0.717) is 36.6 Å². The van der Waals surface area contributed by atoms with Crippen LogP contribution in [-0.2, 0) is 27.8 Å². The van der Waals surface area contributed by atoms with Crippen LogP contribution in [0.4, 0.5) is 5.69 Å². The molecule has 0 fully saturated rings. The van der Waals surface area contributed by atoms with Crippen LogP contribution in [0, 0.1) is 12.8 Å². The molecule has 0 unspecified atom stereocenters. The van der Waals surface area contributed by atoms with Crippen LogP contribution < -0.4 is 18.9 Å². The largest absolute Gasteiger partial charge is 0.488 e. The topological polar surface area (TPSA) is 118 Å². The summed E-state index contributed by atoms with van der Waals surface area (Å²) in [4.78, 5) is 17.5. The van der Waals surface area contributed by atoms with Crippen molar-refractivity contribution in [2.45, 2.75) is 50.8 Å². The second-order valence-corrected chi connectivity index (χ2v) is 13.2. The molecule has 10 nitrogen and oxygen atoms in total. The van der Waals surface area contributed by atoms with Crippen molar-refractivity contribution < 1.29 is 32.5 Å². The molecule has 2 aliphatic heterocycles. The Hall–Kier alpha value is -3.80. The average Bonchev–Trinajstić information content (AvgIpc) is 3.45. The summed E-state index contributed by atoms with van der Waals surface area (Å²) < 4.78 is 46.3. The molecule has 0 saturated heterocycles. The Labute approximate surface area is 253 Å². The summed E-state index contributed by atoms with van der Waals surface area (Å²) >= 11 is 0. The Morgan fingerprint density at radius 2 is 1.77 bits per heavy atom. The smallest absolute Gasteiger partial charge is 0.261 e. The lowest BCUT2D eigenvalue weighted by atomic mass is 10.0. The fourth-order valence-corrected chi connectivity index (χ4v) is 6.41. The number of aliphatic hydroxyl groups is 1. The Morgan fingerprint density at radius 3 is 2.51 bits per heavy atom. The highest BCUT2D eigenvalue weighted by Crippen LogP contribution is 2.33. The molecule has 1 amide bonds. The zero-order chi connectivity index (χ0) is 30.7. The van der Waals surface area contributed by atoms with Crippen molar-refractivity contribution in [3.63, 3.8) is 0 Å². The molecule has 43 heavy (non-hydrogen) atoms. The molecule has 2 aliphatic rings. The van der Waals surface area contributed by atoms with Crippen LogP contribution >= 0.6 is 0 Å². The van der Waals surface area contributed by atoms with E-state index in [4.69, 9.17) is 14.2 Å². The van der Waals surface area contributed by atoms with Crippen molar-refractivity contribution in [3.05, 3.63) is 77.4 Å². The Kier molecular flexibility index (Phi) is 9.14. The molecule has 3 aromatic rings. The molecule has 0 aromatic heterocycles. The van der Waals surface area contributed by atoms with Gasteiger partial charge >= 0.3 is 0 Å². The van der Waals surface area contributed by atoms with Crippen molar-refractivity contribution in [1.82, 2.24) is 9.80 Å². The Balaban J connectivity index is 1.40. The summed E-state index contributed by atoms with van der Waals surface area (Å²) in [6, 6.07) is 17.1. The summed E-state index contributed by atoms with van der Waals surface area (Å²) in [6.45, 7) is 7.41. The number of hydrogen-bond donors (Lipinski definition) is 2. The van der Waals surface area contributed by atoms with Crippen LogP contribution in [0.5, 0.6) is 17.2 Å². The van der Waals surface area contributed by atoms with E-state index in [1.165, 1.54) is 0 Å². The van der Waals surface area contributed by atoms with Crippen LogP contribution in [0.15, 0.2) is 65.6 Å². The quantitative estimate of drug-likeness (QED) is 0.376. The summed E-state index contributed by atoms with van der Waals surface area (Å²) in [5.41, 5.74) is 2.93. The molecule has 0 spiro atoms. The van der Waals surface area contributed by atoms with Gasteiger partial charge in [-0.25, -0.2) is 8.42 Å². The minimum atomic E-state index is -3.83. The van der Waals surface area contributed by atoms with Gasteiger partial charge in [-0.15, -0.1) is 0 Å². The second kappa shape index (κ2) is 12.8. The van der Waals surface area contributed by atoms with E-state index in [-0.39, 0.29) is 48.7 Å². The number of amides is 1. The van der Waals surface area contributed by atoms with Gasteiger partial charge in [-0.1, -0.05) is 30.7 Å². The van der Waals surface area contributed by atoms with Gasteiger partial charge in [0.1, 0.15) is 11.9 Å². The molecule has 0 bridgehead atoms. The Bertz CT molecular complexity index is 1560. The molecule has 0 aliphatic carbocycles. The monoisotopic (exact) mass is 609 g/mol. The van der Waals surface area contributed by atoms with Gasteiger partial charge in [0.15, 0.2) is 11.5 Å². The van der Waals surface area contributed by atoms with Gasteiger partial charge in [-0.05, 0) is 68.9 Å². The normalized spacial score (nSPS) is 19.2. The molecule has 3 atom stereocenters. The number of nitrogens with zero attached hydrogens (tertiary/aromatic N) is 2. The number of aliphatic hydroxyl groups excluding tert-OH is 1. The summed E-state index contributed by atoms with van der Waals surface area (Å²) in [5.74, 6) is 1.76. The molecule has 2 heterocycles. The highest BCUT2D eigenvalue weighted by atomic mass is 32.2. The maximum atomic E-state index is 13.5. The molecule has 230 valence electrons. The number of nitrogens with one attached hydrogen (secondary N) is 1. The summed E-state index contributed by atoms with van der Waals surface area (Å²) in [5, 5.41) is 9.93. The SMILES string of the molecule is Cc1ccc(S(=O)(=O)Nc2ccc3c(c2)CC(=O)N([C@H](C)CO)C[C@@H](C)[C@H](CN(C)Cc2ccc4c(c2)OCO4)O3)cc1. The third-order valence-corrected chi connectivity index (χ3v) is 9.28. The van der Waals surface area contributed by atoms with Crippen molar-refractivity contribution in [2.75, 3.05) is 38.3 Å². The number of likely N-dealkylation sites (N-methyl/N-ethyl adjacent to an activating group) is 1. The molecule has 2 N–H and O–H groups in total. The molecule has 0 saturated carbocycles. The van der Waals surface area contributed by atoms with E-state index in [2.05, 4.69) is 9.62 Å². The molecular weight excluding hydrogens is 570 g/mol. The van der Waals surface area contributed by atoms with Gasteiger partial charge in [0, 0.05) is 36.8 Å². The number of benzene rings is 3. The lowest BCUT2D eigenvalue weighted by molar-refractivity contribution is -0.134. The lowest BCUT2D eigenvalue weighted by Gasteiger charge is -2.34. The third-order valence-electron chi connectivity index (χ3n) is 7.88. The van der Waals surface area contributed by atoms with Crippen LogP contribution in [0.25, 0.3) is 0 Å². The first-order valence-electron chi connectivity index (χ1n) is 14.4. The highest BCUT2D eigenvalue weighted by Gasteiger charge is 2.31. The third kappa shape index (κ3) is 7.23. The second-order valence-electron chi connectivity index (χ2n) is 11.5. The van der Waals surface area contributed by atoms with Gasteiger partial charge in [-0.2, -0.15) is 0 Å².